The molecular formula is C15H15N5O. The number of nitrogens with one attached hydrogen (secondary N) is 2. The Bertz CT molecular complexity index is 794. The SMILES string of the molecule is Cc1nc(-c2ccc3ccnc(NC4CNC4)c3c2)no1. The monoisotopic (exact) mass is 281 g/mol. The number of hydrogen-bond acceptors (Lipinski definition) is 6. The van der Waals surface area contributed by atoms with Crippen LogP contribution in [0.1, 0.15) is 5.89 Å². The zero-order valence-corrected chi connectivity index (χ0v) is 11.6. The van der Waals surface area contributed by atoms with Gasteiger partial charge in [-0.3, -0.25) is 0 Å². The average molecular weight is 281 g/mol. The second-order valence-corrected chi connectivity index (χ2v) is 5.23. The van der Waals surface area contributed by atoms with E-state index < -0.39 is 0 Å². The van der Waals surface area contributed by atoms with Crippen molar-refractivity contribution in [2.75, 3.05) is 18.4 Å². The molecule has 3 heterocycles. The van der Waals surface area contributed by atoms with E-state index in [4.69, 9.17) is 4.52 Å². The van der Waals surface area contributed by atoms with Crippen LogP contribution in [0.3, 0.4) is 0 Å². The van der Waals surface area contributed by atoms with Crippen molar-refractivity contribution in [1.29, 1.82) is 0 Å². The predicted molar refractivity (Wildman–Crippen MR) is 80.1 cm³/mol. The molecule has 106 valence electrons. The Hall–Kier alpha value is -2.47. The number of pyridine rings is 1. The second-order valence-electron chi connectivity index (χ2n) is 5.23. The van der Waals surface area contributed by atoms with E-state index in [-0.39, 0.29) is 0 Å². The lowest BCUT2D eigenvalue weighted by Crippen LogP contribution is -2.51. The number of aromatic nitrogens is 3. The van der Waals surface area contributed by atoms with E-state index in [9.17, 15) is 0 Å². The normalized spacial score (nSPS) is 15.1. The highest BCUT2D eigenvalue weighted by atomic mass is 16.5. The molecule has 2 aromatic heterocycles. The highest BCUT2D eigenvalue weighted by Crippen LogP contribution is 2.27. The third-order valence-corrected chi connectivity index (χ3v) is 3.67. The van der Waals surface area contributed by atoms with Crippen LogP contribution in [0.2, 0.25) is 0 Å². The van der Waals surface area contributed by atoms with Crippen molar-refractivity contribution in [3.63, 3.8) is 0 Å². The van der Waals surface area contributed by atoms with Gasteiger partial charge in [0.25, 0.3) is 0 Å². The van der Waals surface area contributed by atoms with Crippen molar-refractivity contribution in [2.45, 2.75) is 13.0 Å². The number of anilines is 1. The molecule has 0 spiro atoms. The van der Waals surface area contributed by atoms with Gasteiger partial charge in [-0.1, -0.05) is 17.3 Å². The highest BCUT2D eigenvalue weighted by molar-refractivity contribution is 5.94. The lowest BCUT2D eigenvalue weighted by molar-refractivity contribution is 0.394. The van der Waals surface area contributed by atoms with Crippen LogP contribution in [-0.4, -0.2) is 34.3 Å². The molecule has 3 aromatic rings. The molecule has 4 rings (SSSR count). The number of hydrogen-bond donors (Lipinski definition) is 2. The van der Waals surface area contributed by atoms with Crippen molar-refractivity contribution in [3.05, 3.63) is 36.4 Å². The van der Waals surface area contributed by atoms with Crippen LogP contribution < -0.4 is 10.6 Å². The maximum Gasteiger partial charge on any atom is 0.223 e. The molecule has 0 aliphatic carbocycles. The van der Waals surface area contributed by atoms with E-state index in [0.29, 0.717) is 17.8 Å². The smallest absolute Gasteiger partial charge is 0.223 e. The van der Waals surface area contributed by atoms with Crippen LogP contribution >= 0.6 is 0 Å². The Morgan fingerprint density at radius 2 is 2.19 bits per heavy atom. The zero-order chi connectivity index (χ0) is 14.2. The first kappa shape index (κ1) is 12.3. The van der Waals surface area contributed by atoms with Crippen LogP contribution in [-0.2, 0) is 0 Å². The zero-order valence-electron chi connectivity index (χ0n) is 11.6. The molecular weight excluding hydrogens is 266 g/mol. The van der Waals surface area contributed by atoms with Crippen LogP contribution in [0.4, 0.5) is 5.82 Å². The number of fused-ring (bicyclic) bond motifs is 1. The molecule has 6 nitrogen and oxygen atoms in total. The fourth-order valence-corrected chi connectivity index (χ4v) is 2.42. The van der Waals surface area contributed by atoms with E-state index in [2.05, 4.69) is 37.9 Å². The van der Waals surface area contributed by atoms with Crippen molar-refractivity contribution >= 4 is 16.6 Å². The van der Waals surface area contributed by atoms with E-state index in [1.165, 1.54) is 0 Å². The molecule has 0 radical (unpaired) electrons. The van der Waals surface area contributed by atoms with Gasteiger partial charge in [-0.05, 0) is 17.5 Å². The quantitative estimate of drug-likeness (QED) is 0.764. The molecule has 21 heavy (non-hydrogen) atoms. The summed E-state index contributed by atoms with van der Waals surface area (Å²) < 4.78 is 5.05. The molecule has 1 aliphatic rings. The van der Waals surface area contributed by atoms with E-state index in [1.54, 1.807) is 6.92 Å². The van der Waals surface area contributed by atoms with Crippen LogP contribution in [0, 0.1) is 6.92 Å². The summed E-state index contributed by atoms with van der Waals surface area (Å²) in [5.74, 6) is 2.07. The predicted octanol–water partition coefficient (Wildman–Crippen LogP) is 1.98. The third kappa shape index (κ3) is 2.23. The summed E-state index contributed by atoms with van der Waals surface area (Å²) >= 11 is 0. The largest absolute Gasteiger partial charge is 0.364 e. The average Bonchev–Trinajstić information content (AvgIpc) is 2.89. The fourth-order valence-electron chi connectivity index (χ4n) is 2.42. The summed E-state index contributed by atoms with van der Waals surface area (Å²) in [7, 11) is 0. The van der Waals surface area contributed by atoms with Crippen LogP contribution in [0.25, 0.3) is 22.2 Å². The Morgan fingerprint density at radius 3 is 2.90 bits per heavy atom. The summed E-state index contributed by atoms with van der Waals surface area (Å²) in [6.07, 6.45) is 1.83. The number of rotatable bonds is 3. The van der Waals surface area contributed by atoms with Gasteiger partial charge in [0.15, 0.2) is 0 Å². The second kappa shape index (κ2) is 4.82. The number of nitrogens with zero attached hydrogens (tertiary/aromatic N) is 3. The standard InChI is InChI=1S/C15H15N5O/c1-9-18-14(20-21-9)11-3-2-10-4-5-17-15(13(10)6-11)19-12-7-16-8-12/h2-6,12,16H,7-8H2,1H3,(H,17,19). The van der Waals surface area contributed by atoms with Gasteiger partial charge in [0, 0.05) is 37.2 Å². The van der Waals surface area contributed by atoms with E-state index in [0.717, 1.165) is 35.2 Å². The molecule has 6 heteroatoms. The first-order valence-corrected chi connectivity index (χ1v) is 6.96. The first-order chi connectivity index (χ1) is 10.3. The summed E-state index contributed by atoms with van der Waals surface area (Å²) in [6, 6.07) is 8.56. The van der Waals surface area contributed by atoms with E-state index in [1.807, 2.05) is 18.3 Å². The van der Waals surface area contributed by atoms with Crippen LogP contribution in [0.15, 0.2) is 35.0 Å². The first-order valence-electron chi connectivity index (χ1n) is 6.96. The lowest BCUT2D eigenvalue weighted by atomic mass is 10.1. The minimum atomic E-state index is 0.444. The Labute approximate surface area is 121 Å². The van der Waals surface area contributed by atoms with Crippen molar-refractivity contribution in [2.24, 2.45) is 0 Å². The molecule has 1 aromatic carbocycles. The molecule has 1 aliphatic heterocycles. The van der Waals surface area contributed by atoms with Gasteiger partial charge in [-0.25, -0.2) is 4.98 Å². The highest BCUT2D eigenvalue weighted by Gasteiger charge is 2.18. The fraction of sp³-hybridized carbons (Fsp3) is 0.267. The maximum absolute atomic E-state index is 5.05. The topological polar surface area (TPSA) is 75.9 Å². The lowest BCUT2D eigenvalue weighted by Gasteiger charge is -2.28. The number of benzene rings is 1. The van der Waals surface area contributed by atoms with Gasteiger partial charge in [0.1, 0.15) is 5.82 Å². The van der Waals surface area contributed by atoms with Gasteiger partial charge >= 0.3 is 0 Å². The summed E-state index contributed by atoms with van der Waals surface area (Å²) in [5, 5.41) is 12.9. The minimum absolute atomic E-state index is 0.444. The Morgan fingerprint density at radius 1 is 1.29 bits per heavy atom. The van der Waals surface area contributed by atoms with Crippen molar-refractivity contribution < 1.29 is 4.52 Å². The molecule has 0 saturated carbocycles. The number of aryl methyl sites for hydroxylation is 1. The van der Waals surface area contributed by atoms with Crippen molar-refractivity contribution in [1.82, 2.24) is 20.4 Å². The van der Waals surface area contributed by atoms with Crippen molar-refractivity contribution in [3.8, 4) is 11.4 Å². The van der Waals surface area contributed by atoms with Gasteiger partial charge in [-0.15, -0.1) is 0 Å². The summed E-state index contributed by atoms with van der Waals surface area (Å²) in [4.78, 5) is 8.74. The maximum atomic E-state index is 5.05. The molecule has 0 amide bonds. The molecule has 1 saturated heterocycles. The third-order valence-electron chi connectivity index (χ3n) is 3.67. The Kier molecular flexibility index (Phi) is 2.82. The molecule has 0 atom stereocenters. The minimum Gasteiger partial charge on any atom is -0.364 e. The van der Waals surface area contributed by atoms with E-state index >= 15 is 0 Å². The van der Waals surface area contributed by atoms with Gasteiger partial charge < -0.3 is 15.2 Å². The summed E-state index contributed by atoms with van der Waals surface area (Å²) in [5.41, 5.74) is 0.933. The van der Waals surface area contributed by atoms with Crippen LogP contribution in [0.5, 0.6) is 0 Å². The molecule has 0 bridgehead atoms. The van der Waals surface area contributed by atoms with Gasteiger partial charge in [-0.2, -0.15) is 4.98 Å². The van der Waals surface area contributed by atoms with Gasteiger partial charge in [0.05, 0.1) is 6.04 Å². The summed E-state index contributed by atoms with van der Waals surface area (Å²) in [6.45, 7) is 3.74. The molecule has 2 N–H and O–H groups in total. The van der Waals surface area contributed by atoms with Gasteiger partial charge in [0.2, 0.25) is 11.7 Å². The Balaban J connectivity index is 1.79. The molecule has 0 unspecified atom stereocenters. The molecule has 1 fully saturated rings.